The van der Waals surface area contributed by atoms with E-state index in [0.717, 1.165) is 19.6 Å². The molecular formula is C17H28N2O. The predicted molar refractivity (Wildman–Crippen MR) is 83.8 cm³/mol. The Labute approximate surface area is 123 Å². The maximum Gasteiger partial charge on any atom is 0.115 e. The van der Waals surface area contributed by atoms with Crippen molar-refractivity contribution in [1.29, 1.82) is 0 Å². The molecule has 2 N–H and O–H groups in total. The third-order valence-electron chi connectivity index (χ3n) is 4.71. The lowest BCUT2D eigenvalue weighted by atomic mass is 9.90. The van der Waals surface area contributed by atoms with Crippen molar-refractivity contribution < 1.29 is 5.11 Å². The van der Waals surface area contributed by atoms with Crippen molar-refractivity contribution in [3.05, 3.63) is 29.8 Å². The maximum atomic E-state index is 9.39. The number of nitrogens with zero attached hydrogens (tertiary/aromatic N) is 1. The molecule has 2 rings (SSSR count). The molecule has 0 bridgehead atoms. The van der Waals surface area contributed by atoms with Crippen LogP contribution in [-0.2, 0) is 6.54 Å². The molecule has 20 heavy (non-hydrogen) atoms. The van der Waals surface area contributed by atoms with E-state index in [1.807, 2.05) is 12.1 Å². The van der Waals surface area contributed by atoms with E-state index in [1.165, 1.54) is 12.0 Å². The van der Waals surface area contributed by atoms with Crippen LogP contribution in [0.2, 0.25) is 0 Å². The van der Waals surface area contributed by atoms with E-state index in [0.29, 0.717) is 17.7 Å². The summed E-state index contributed by atoms with van der Waals surface area (Å²) in [5.41, 5.74) is 1.43. The minimum absolute atomic E-state index is 0.168. The largest absolute Gasteiger partial charge is 0.508 e. The van der Waals surface area contributed by atoms with Crippen molar-refractivity contribution in [1.82, 2.24) is 10.2 Å². The number of phenolic OH excluding ortho intramolecular Hbond substituents is 1. The van der Waals surface area contributed by atoms with Gasteiger partial charge in [0.1, 0.15) is 5.75 Å². The second-order valence-corrected chi connectivity index (χ2v) is 6.73. The molecular weight excluding hydrogens is 248 g/mol. The highest BCUT2D eigenvalue weighted by Crippen LogP contribution is 2.25. The van der Waals surface area contributed by atoms with Gasteiger partial charge < -0.3 is 10.4 Å². The summed E-state index contributed by atoms with van der Waals surface area (Å²) < 4.78 is 0. The van der Waals surface area contributed by atoms with Crippen molar-refractivity contribution in [2.24, 2.45) is 5.92 Å². The first-order chi connectivity index (χ1) is 9.42. The van der Waals surface area contributed by atoms with E-state index in [-0.39, 0.29) is 5.54 Å². The van der Waals surface area contributed by atoms with Gasteiger partial charge in [0.15, 0.2) is 0 Å². The van der Waals surface area contributed by atoms with Crippen LogP contribution >= 0.6 is 0 Å². The number of aromatic hydroxyl groups is 1. The first-order valence-electron chi connectivity index (χ1n) is 7.68. The zero-order valence-corrected chi connectivity index (χ0v) is 13.2. The smallest absolute Gasteiger partial charge is 0.115 e. The van der Waals surface area contributed by atoms with E-state index in [1.54, 1.807) is 12.1 Å². The van der Waals surface area contributed by atoms with E-state index < -0.39 is 0 Å². The normalized spacial score (nSPS) is 24.5. The van der Waals surface area contributed by atoms with Gasteiger partial charge in [-0.1, -0.05) is 32.4 Å². The molecule has 0 aliphatic carbocycles. The van der Waals surface area contributed by atoms with Crippen LogP contribution in [-0.4, -0.2) is 34.7 Å². The standard InChI is InChI=1S/C17H28N2O/c1-5-13(2)16-11-19(17(3,4)12-18-16)10-14-6-8-15(20)9-7-14/h6-9,13,16,18,20H,5,10-12H2,1-4H3. The molecule has 0 radical (unpaired) electrons. The predicted octanol–water partition coefficient (Wildman–Crippen LogP) is 2.99. The van der Waals surface area contributed by atoms with Crippen LogP contribution in [0.5, 0.6) is 5.75 Å². The van der Waals surface area contributed by atoms with E-state index in [2.05, 4.69) is 37.9 Å². The lowest BCUT2D eigenvalue weighted by Crippen LogP contribution is -2.62. The molecule has 1 fully saturated rings. The number of phenols is 1. The topological polar surface area (TPSA) is 35.5 Å². The first-order valence-corrected chi connectivity index (χ1v) is 7.68. The number of piperazine rings is 1. The van der Waals surface area contributed by atoms with Gasteiger partial charge in [0, 0.05) is 31.2 Å². The molecule has 0 saturated carbocycles. The van der Waals surface area contributed by atoms with Gasteiger partial charge in [-0.05, 0) is 37.5 Å². The number of rotatable bonds is 4. The minimum Gasteiger partial charge on any atom is -0.508 e. The van der Waals surface area contributed by atoms with Crippen molar-refractivity contribution in [2.75, 3.05) is 13.1 Å². The van der Waals surface area contributed by atoms with Crippen LogP contribution in [0.3, 0.4) is 0 Å². The van der Waals surface area contributed by atoms with Crippen LogP contribution in [0, 0.1) is 5.92 Å². The summed E-state index contributed by atoms with van der Waals surface area (Å²) in [6.07, 6.45) is 1.21. The molecule has 3 nitrogen and oxygen atoms in total. The average Bonchev–Trinajstić information content (AvgIpc) is 2.42. The minimum atomic E-state index is 0.168. The summed E-state index contributed by atoms with van der Waals surface area (Å²) >= 11 is 0. The molecule has 2 unspecified atom stereocenters. The van der Waals surface area contributed by atoms with E-state index >= 15 is 0 Å². The van der Waals surface area contributed by atoms with Gasteiger partial charge in [0.25, 0.3) is 0 Å². The Bertz CT molecular complexity index is 427. The number of benzene rings is 1. The molecule has 1 aliphatic rings. The van der Waals surface area contributed by atoms with Crippen LogP contribution in [0.15, 0.2) is 24.3 Å². The van der Waals surface area contributed by atoms with Crippen LogP contribution in [0.25, 0.3) is 0 Å². The SMILES string of the molecule is CCC(C)C1CN(Cc2ccc(O)cc2)C(C)(C)CN1. The van der Waals surface area contributed by atoms with Gasteiger partial charge in [-0.3, -0.25) is 4.90 Å². The zero-order chi connectivity index (χ0) is 14.8. The molecule has 1 saturated heterocycles. The fraction of sp³-hybridized carbons (Fsp3) is 0.647. The van der Waals surface area contributed by atoms with Crippen LogP contribution < -0.4 is 5.32 Å². The van der Waals surface area contributed by atoms with Crippen molar-refractivity contribution in [3.8, 4) is 5.75 Å². The van der Waals surface area contributed by atoms with Crippen molar-refractivity contribution in [2.45, 2.75) is 52.2 Å². The molecule has 1 aliphatic heterocycles. The second-order valence-electron chi connectivity index (χ2n) is 6.73. The Morgan fingerprint density at radius 2 is 2.00 bits per heavy atom. The highest BCUT2D eigenvalue weighted by molar-refractivity contribution is 5.26. The molecule has 1 aromatic rings. The first kappa shape index (κ1) is 15.3. The molecule has 1 aromatic carbocycles. The quantitative estimate of drug-likeness (QED) is 0.887. The summed E-state index contributed by atoms with van der Waals surface area (Å²) in [5, 5.41) is 13.1. The van der Waals surface area contributed by atoms with Gasteiger partial charge in [-0.15, -0.1) is 0 Å². The summed E-state index contributed by atoms with van der Waals surface area (Å²) in [6, 6.07) is 8.16. The lowest BCUT2D eigenvalue weighted by molar-refractivity contribution is 0.0449. The molecule has 112 valence electrons. The summed E-state index contributed by atoms with van der Waals surface area (Å²) in [5.74, 6) is 1.04. The highest BCUT2D eigenvalue weighted by atomic mass is 16.3. The number of nitrogens with one attached hydrogen (secondary N) is 1. The Hall–Kier alpha value is -1.06. The fourth-order valence-corrected chi connectivity index (χ4v) is 2.81. The van der Waals surface area contributed by atoms with Gasteiger partial charge in [0.05, 0.1) is 0 Å². The second kappa shape index (κ2) is 6.15. The summed E-state index contributed by atoms with van der Waals surface area (Å²) in [6.45, 7) is 12.2. The van der Waals surface area contributed by atoms with Crippen molar-refractivity contribution >= 4 is 0 Å². The highest BCUT2D eigenvalue weighted by Gasteiger charge is 2.35. The molecule has 0 amide bonds. The number of hydrogen-bond donors (Lipinski definition) is 2. The van der Waals surface area contributed by atoms with Gasteiger partial charge in [-0.25, -0.2) is 0 Å². The van der Waals surface area contributed by atoms with Crippen LogP contribution in [0.1, 0.15) is 39.7 Å². The average molecular weight is 276 g/mol. The van der Waals surface area contributed by atoms with E-state index in [9.17, 15) is 5.11 Å². The van der Waals surface area contributed by atoms with Gasteiger partial charge in [-0.2, -0.15) is 0 Å². The Kier molecular flexibility index (Phi) is 4.71. The molecule has 0 spiro atoms. The summed E-state index contributed by atoms with van der Waals surface area (Å²) in [4.78, 5) is 2.56. The van der Waals surface area contributed by atoms with Gasteiger partial charge >= 0.3 is 0 Å². The van der Waals surface area contributed by atoms with E-state index in [4.69, 9.17) is 0 Å². The third kappa shape index (κ3) is 3.53. The number of hydrogen-bond acceptors (Lipinski definition) is 3. The Morgan fingerprint density at radius 3 is 2.60 bits per heavy atom. The third-order valence-corrected chi connectivity index (χ3v) is 4.71. The lowest BCUT2D eigenvalue weighted by Gasteiger charge is -2.47. The maximum absolute atomic E-state index is 9.39. The zero-order valence-electron chi connectivity index (χ0n) is 13.2. The molecule has 3 heteroatoms. The van der Waals surface area contributed by atoms with Gasteiger partial charge in [0.2, 0.25) is 0 Å². The fourth-order valence-electron chi connectivity index (χ4n) is 2.81. The molecule has 1 heterocycles. The summed E-state index contributed by atoms with van der Waals surface area (Å²) in [7, 11) is 0. The molecule has 2 atom stereocenters. The Morgan fingerprint density at radius 1 is 1.35 bits per heavy atom. The Balaban J connectivity index is 2.07. The van der Waals surface area contributed by atoms with Crippen molar-refractivity contribution in [3.63, 3.8) is 0 Å². The monoisotopic (exact) mass is 276 g/mol. The molecule has 0 aromatic heterocycles. The van der Waals surface area contributed by atoms with Crippen LogP contribution in [0.4, 0.5) is 0 Å².